The SMILES string of the molecule is CCCOC(=O)CCC(=O)NC(=S)Nc1ccc(S(=O)(=O)N2CCCCC2)cc1. The van der Waals surface area contributed by atoms with Gasteiger partial charge in [0.1, 0.15) is 0 Å². The van der Waals surface area contributed by atoms with Crippen LogP contribution in [-0.4, -0.2) is 49.4 Å². The molecule has 8 nitrogen and oxygen atoms in total. The molecule has 0 spiro atoms. The van der Waals surface area contributed by atoms with Crippen LogP contribution in [-0.2, 0) is 24.3 Å². The highest BCUT2D eigenvalue weighted by Crippen LogP contribution is 2.21. The van der Waals surface area contributed by atoms with Gasteiger partial charge in [-0.1, -0.05) is 13.3 Å². The Bertz CT molecular complexity index is 819. The Hall–Kier alpha value is -2.04. The van der Waals surface area contributed by atoms with E-state index in [1.54, 1.807) is 12.1 Å². The van der Waals surface area contributed by atoms with Gasteiger partial charge in [0.2, 0.25) is 15.9 Å². The fourth-order valence-corrected chi connectivity index (χ4v) is 4.57. The molecule has 1 fully saturated rings. The van der Waals surface area contributed by atoms with Gasteiger partial charge in [0.25, 0.3) is 0 Å². The first-order valence-corrected chi connectivity index (χ1v) is 11.5. The first-order chi connectivity index (χ1) is 13.8. The maximum atomic E-state index is 12.6. The zero-order chi connectivity index (χ0) is 21.3. The molecule has 0 atom stereocenters. The number of nitrogens with one attached hydrogen (secondary N) is 2. The van der Waals surface area contributed by atoms with Gasteiger partial charge in [0.05, 0.1) is 17.9 Å². The summed E-state index contributed by atoms with van der Waals surface area (Å²) in [5, 5.41) is 5.38. The van der Waals surface area contributed by atoms with Crippen LogP contribution in [0.15, 0.2) is 29.2 Å². The normalized spacial score (nSPS) is 14.8. The Morgan fingerprint density at radius 2 is 1.76 bits per heavy atom. The standard InChI is InChI=1S/C19H27N3O5S2/c1-2-14-27-18(24)11-10-17(23)21-19(28)20-15-6-8-16(9-7-15)29(25,26)22-12-4-3-5-13-22/h6-9H,2-5,10-14H2,1H3,(H2,20,21,23,28). The van der Waals surface area contributed by atoms with Crippen LogP contribution in [0.1, 0.15) is 45.4 Å². The Kier molecular flexibility index (Phi) is 8.99. The number of esters is 1. The number of carbonyl (C=O) groups is 2. The van der Waals surface area contributed by atoms with Crippen molar-refractivity contribution in [1.82, 2.24) is 9.62 Å². The average Bonchev–Trinajstić information content (AvgIpc) is 2.71. The Balaban J connectivity index is 1.83. The van der Waals surface area contributed by atoms with Crippen molar-refractivity contribution in [3.05, 3.63) is 24.3 Å². The number of hydrogen-bond acceptors (Lipinski definition) is 6. The summed E-state index contributed by atoms with van der Waals surface area (Å²) in [5.41, 5.74) is 0.551. The fraction of sp³-hybridized carbons (Fsp3) is 0.526. The largest absolute Gasteiger partial charge is 0.466 e. The monoisotopic (exact) mass is 441 g/mol. The number of thiocarbonyl (C=S) groups is 1. The second-order valence-corrected chi connectivity index (χ2v) is 9.06. The number of benzene rings is 1. The van der Waals surface area contributed by atoms with Crippen molar-refractivity contribution in [1.29, 1.82) is 0 Å². The number of carbonyl (C=O) groups excluding carboxylic acids is 2. The molecule has 1 aliphatic rings. The van der Waals surface area contributed by atoms with E-state index in [1.807, 2.05) is 6.92 Å². The highest BCUT2D eigenvalue weighted by atomic mass is 32.2. The lowest BCUT2D eigenvalue weighted by atomic mass is 10.2. The minimum absolute atomic E-state index is 0.0164. The molecule has 160 valence electrons. The molecular weight excluding hydrogens is 414 g/mol. The molecule has 2 rings (SSSR count). The van der Waals surface area contributed by atoms with E-state index in [4.69, 9.17) is 17.0 Å². The van der Waals surface area contributed by atoms with Gasteiger partial charge in [0.15, 0.2) is 5.11 Å². The molecule has 1 amide bonds. The molecule has 0 bridgehead atoms. The first kappa shape index (κ1) is 23.2. The molecule has 1 heterocycles. The van der Waals surface area contributed by atoms with Crippen LogP contribution in [0.25, 0.3) is 0 Å². The van der Waals surface area contributed by atoms with Crippen molar-refractivity contribution >= 4 is 44.9 Å². The van der Waals surface area contributed by atoms with Gasteiger partial charge < -0.3 is 15.4 Å². The highest BCUT2D eigenvalue weighted by Gasteiger charge is 2.25. The molecule has 1 aromatic rings. The lowest BCUT2D eigenvalue weighted by Gasteiger charge is -2.25. The zero-order valence-electron chi connectivity index (χ0n) is 16.5. The third-order valence-corrected chi connectivity index (χ3v) is 6.46. The van der Waals surface area contributed by atoms with E-state index in [0.717, 1.165) is 25.7 Å². The summed E-state index contributed by atoms with van der Waals surface area (Å²) in [6.45, 7) is 3.32. The second kappa shape index (κ2) is 11.2. The van der Waals surface area contributed by atoms with E-state index in [2.05, 4.69) is 10.6 Å². The minimum atomic E-state index is -3.49. The second-order valence-electron chi connectivity index (χ2n) is 6.71. The van der Waals surface area contributed by atoms with Gasteiger partial charge in [-0.25, -0.2) is 8.42 Å². The van der Waals surface area contributed by atoms with Crippen LogP contribution in [0.4, 0.5) is 5.69 Å². The van der Waals surface area contributed by atoms with Crippen LogP contribution in [0, 0.1) is 0 Å². The van der Waals surface area contributed by atoms with E-state index in [1.165, 1.54) is 16.4 Å². The minimum Gasteiger partial charge on any atom is -0.466 e. The molecule has 2 N–H and O–H groups in total. The number of ether oxygens (including phenoxy) is 1. The summed E-state index contributed by atoms with van der Waals surface area (Å²) in [6, 6.07) is 6.22. The molecule has 0 aromatic heterocycles. The van der Waals surface area contributed by atoms with Gasteiger partial charge in [-0.3, -0.25) is 9.59 Å². The topological polar surface area (TPSA) is 105 Å². The molecule has 1 aromatic carbocycles. The maximum absolute atomic E-state index is 12.6. The predicted octanol–water partition coefficient (Wildman–Crippen LogP) is 2.41. The van der Waals surface area contributed by atoms with Crippen molar-refractivity contribution in [2.75, 3.05) is 25.0 Å². The van der Waals surface area contributed by atoms with Gasteiger partial charge in [-0.05, 0) is 55.7 Å². The van der Waals surface area contributed by atoms with Crippen molar-refractivity contribution in [2.24, 2.45) is 0 Å². The van der Waals surface area contributed by atoms with E-state index in [9.17, 15) is 18.0 Å². The smallest absolute Gasteiger partial charge is 0.306 e. The number of sulfonamides is 1. The summed E-state index contributed by atoms with van der Waals surface area (Å²) in [6.07, 6.45) is 3.49. The average molecular weight is 442 g/mol. The number of hydrogen-bond donors (Lipinski definition) is 2. The Morgan fingerprint density at radius 3 is 2.38 bits per heavy atom. The van der Waals surface area contributed by atoms with Crippen LogP contribution in [0.5, 0.6) is 0 Å². The quantitative estimate of drug-likeness (QED) is 0.471. The third kappa shape index (κ3) is 7.37. The van der Waals surface area contributed by atoms with Crippen LogP contribution >= 0.6 is 12.2 Å². The van der Waals surface area contributed by atoms with Crippen molar-refractivity contribution in [3.8, 4) is 0 Å². The van der Waals surface area contributed by atoms with Gasteiger partial charge >= 0.3 is 5.97 Å². The summed E-state index contributed by atoms with van der Waals surface area (Å²) >= 11 is 5.09. The van der Waals surface area contributed by atoms with Crippen molar-refractivity contribution in [3.63, 3.8) is 0 Å². The van der Waals surface area contributed by atoms with Gasteiger partial charge in [-0.2, -0.15) is 4.31 Å². The van der Waals surface area contributed by atoms with Crippen LogP contribution in [0.3, 0.4) is 0 Å². The summed E-state index contributed by atoms with van der Waals surface area (Å²) in [4.78, 5) is 23.5. The van der Waals surface area contributed by atoms with Crippen LogP contribution in [0.2, 0.25) is 0 Å². The number of piperidine rings is 1. The molecule has 29 heavy (non-hydrogen) atoms. The van der Waals surface area contributed by atoms with Crippen molar-refractivity contribution in [2.45, 2.75) is 50.3 Å². The summed E-state index contributed by atoms with van der Waals surface area (Å²) in [5.74, 6) is -0.827. The summed E-state index contributed by atoms with van der Waals surface area (Å²) in [7, 11) is -3.49. The van der Waals surface area contributed by atoms with Crippen molar-refractivity contribution < 1.29 is 22.7 Å². The van der Waals surface area contributed by atoms with E-state index >= 15 is 0 Å². The first-order valence-electron chi connectivity index (χ1n) is 9.69. The number of amides is 1. The molecule has 0 radical (unpaired) electrons. The molecule has 0 saturated carbocycles. The molecule has 1 saturated heterocycles. The highest BCUT2D eigenvalue weighted by molar-refractivity contribution is 7.89. The maximum Gasteiger partial charge on any atom is 0.306 e. The van der Waals surface area contributed by atoms with E-state index < -0.39 is 21.9 Å². The number of anilines is 1. The lowest BCUT2D eigenvalue weighted by Crippen LogP contribution is -2.35. The zero-order valence-corrected chi connectivity index (χ0v) is 18.1. The molecule has 10 heteroatoms. The molecule has 0 unspecified atom stereocenters. The summed E-state index contributed by atoms with van der Waals surface area (Å²) < 4.78 is 31.7. The molecule has 0 aliphatic carbocycles. The fourth-order valence-electron chi connectivity index (χ4n) is 2.82. The Labute approximate surface area is 177 Å². The van der Waals surface area contributed by atoms with Gasteiger partial charge in [0, 0.05) is 25.2 Å². The predicted molar refractivity (Wildman–Crippen MR) is 114 cm³/mol. The van der Waals surface area contributed by atoms with E-state index in [0.29, 0.717) is 25.4 Å². The number of nitrogens with zero attached hydrogens (tertiary/aromatic N) is 1. The third-order valence-electron chi connectivity index (χ3n) is 4.34. The molecule has 1 aliphatic heterocycles. The number of rotatable bonds is 8. The molecular formula is C19H27N3O5S2. The van der Waals surface area contributed by atoms with Crippen LogP contribution < -0.4 is 10.6 Å². The van der Waals surface area contributed by atoms with E-state index in [-0.39, 0.29) is 22.8 Å². The lowest BCUT2D eigenvalue weighted by molar-refractivity contribution is -0.144. The Morgan fingerprint density at radius 1 is 1.10 bits per heavy atom. The van der Waals surface area contributed by atoms with Gasteiger partial charge in [-0.15, -0.1) is 0 Å².